The number of benzene rings is 2. The fraction of sp³-hybridized carbons (Fsp3) is 0.472. The first-order valence-corrected chi connectivity index (χ1v) is 16.4. The van der Waals surface area contributed by atoms with Crippen molar-refractivity contribution in [1.29, 1.82) is 0 Å². The Hall–Kier alpha value is -4.31. The third kappa shape index (κ3) is 5.34. The molecule has 0 radical (unpaired) electrons. The van der Waals surface area contributed by atoms with Crippen molar-refractivity contribution in [3.05, 3.63) is 46.7 Å². The number of pyridine rings is 1. The molecule has 3 aliphatic rings. The minimum absolute atomic E-state index is 0.00975. The highest BCUT2D eigenvalue weighted by atomic mass is 19.1. The van der Waals surface area contributed by atoms with Crippen molar-refractivity contribution in [3.8, 4) is 41.2 Å². The zero-order valence-electron chi connectivity index (χ0n) is 27.4. The zero-order valence-corrected chi connectivity index (χ0v) is 27.4. The lowest BCUT2D eigenvalue weighted by atomic mass is 9.75. The lowest BCUT2D eigenvalue weighted by molar-refractivity contribution is -0.899. The van der Waals surface area contributed by atoms with Gasteiger partial charge in [-0.2, -0.15) is 9.97 Å². The van der Waals surface area contributed by atoms with E-state index in [9.17, 15) is 19.8 Å². The highest BCUT2D eigenvalue weighted by Crippen LogP contribution is 2.50. The molecule has 4 atom stereocenters. The molecule has 0 bridgehead atoms. The number of hydroxylamine groups is 3. The van der Waals surface area contributed by atoms with E-state index in [1.807, 2.05) is 4.90 Å². The average Bonchev–Trinajstić information content (AvgIpc) is 3.49. The molecule has 2 saturated heterocycles. The second-order valence-electron chi connectivity index (χ2n) is 14.1. The molecule has 4 heterocycles. The number of aromatic nitrogens is 3. The van der Waals surface area contributed by atoms with Crippen LogP contribution in [0.4, 0.5) is 14.6 Å². The lowest BCUT2D eigenvalue weighted by Gasteiger charge is -2.54. The quantitative estimate of drug-likeness (QED) is 0.150. The van der Waals surface area contributed by atoms with Crippen LogP contribution in [0.5, 0.6) is 17.6 Å². The molecule has 7 rings (SSSR count). The van der Waals surface area contributed by atoms with Crippen LogP contribution in [0.15, 0.2) is 24.3 Å². The Labute approximate surface area is 277 Å². The largest absolute Gasteiger partial charge is 0.633 e. The number of fused-ring (bicyclic) bond motifs is 3. The number of halogens is 2. The number of ether oxygens (including phenoxy) is 2. The number of nitrogens with zero attached hydrogens (tertiary/aromatic N) is 5. The summed E-state index contributed by atoms with van der Waals surface area (Å²) in [5, 5.41) is 35.8. The number of hydrogen-bond acceptors (Lipinski definition) is 9. The molecule has 2 aromatic heterocycles. The fourth-order valence-corrected chi connectivity index (χ4v) is 8.49. The van der Waals surface area contributed by atoms with Crippen LogP contribution in [0.2, 0.25) is 0 Å². The van der Waals surface area contributed by atoms with Crippen LogP contribution in [0.3, 0.4) is 0 Å². The number of piperidine rings is 2. The van der Waals surface area contributed by atoms with E-state index in [0.29, 0.717) is 31.3 Å². The second kappa shape index (κ2) is 11.7. The van der Waals surface area contributed by atoms with Gasteiger partial charge in [0.25, 0.3) is 0 Å². The Bertz CT molecular complexity index is 1980. The Kier molecular flexibility index (Phi) is 7.85. The number of hydrogen-bond donors (Lipinski definition) is 2. The summed E-state index contributed by atoms with van der Waals surface area (Å²) in [6, 6.07) is 5.14. The maximum Gasteiger partial charge on any atom is 0.319 e. The maximum absolute atomic E-state index is 17.1. The molecule has 48 heavy (non-hydrogen) atoms. The third-order valence-electron chi connectivity index (χ3n) is 10.6. The normalized spacial score (nSPS) is 27.2. The minimum atomic E-state index is -1.03. The van der Waals surface area contributed by atoms with Crippen LogP contribution >= 0.6 is 0 Å². The Morgan fingerprint density at radius 3 is 2.67 bits per heavy atom. The molecule has 252 valence electrons. The zero-order chi connectivity index (χ0) is 34.0. The van der Waals surface area contributed by atoms with E-state index in [4.69, 9.17) is 20.9 Å². The molecule has 2 aromatic carbocycles. The van der Waals surface area contributed by atoms with Crippen molar-refractivity contribution < 1.29 is 33.1 Å². The number of quaternary nitrogens is 1. The monoisotopic (exact) mass is 659 g/mol. The predicted molar refractivity (Wildman–Crippen MR) is 178 cm³/mol. The van der Waals surface area contributed by atoms with Crippen LogP contribution in [0.25, 0.3) is 32.9 Å². The van der Waals surface area contributed by atoms with Gasteiger partial charge in [0.2, 0.25) is 5.88 Å². The van der Waals surface area contributed by atoms with Gasteiger partial charge in [-0.15, -0.1) is 6.42 Å². The van der Waals surface area contributed by atoms with Gasteiger partial charge >= 0.3 is 6.01 Å². The molecule has 3 fully saturated rings. The molecule has 4 aromatic rings. The summed E-state index contributed by atoms with van der Waals surface area (Å²) in [6.07, 6.45) is 11.2. The summed E-state index contributed by atoms with van der Waals surface area (Å²) in [5.74, 6) is 0.883. The Morgan fingerprint density at radius 2 is 1.92 bits per heavy atom. The Balaban J connectivity index is 1.43. The predicted octanol–water partition coefficient (Wildman–Crippen LogP) is 5.83. The molecular weight excluding hydrogens is 620 g/mol. The van der Waals surface area contributed by atoms with Crippen molar-refractivity contribution in [1.82, 2.24) is 15.0 Å². The van der Waals surface area contributed by atoms with Gasteiger partial charge in [0.1, 0.15) is 40.6 Å². The molecule has 12 heteroatoms. The summed E-state index contributed by atoms with van der Waals surface area (Å²) in [4.78, 5) is 15.7. The number of aromatic hydroxyl groups is 1. The number of terminal acetylenes is 1. The molecule has 2 aliphatic heterocycles. The summed E-state index contributed by atoms with van der Waals surface area (Å²) < 4.78 is 43.8. The molecule has 1 aliphatic carbocycles. The summed E-state index contributed by atoms with van der Waals surface area (Å²) in [6.45, 7) is 3.24. The average molecular weight is 660 g/mol. The number of β-amino-alcohol motifs (C(OH)–C–C–N with tert-alkyl or cyclic N) is 1. The number of anilines is 1. The summed E-state index contributed by atoms with van der Waals surface area (Å²) in [5.41, 5.74) is -1.85. The first-order chi connectivity index (χ1) is 22.9. The van der Waals surface area contributed by atoms with Gasteiger partial charge in [0.15, 0.2) is 5.82 Å². The molecule has 2 N–H and O–H groups in total. The van der Waals surface area contributed by atoms with Gasteiger partial charge in [0.05, 0.1) is 43.3 Å². The van der Waals surface area contributed by atoms with Gasteiger partial charge in [-0.1, -0.05) is 12.0 Å². The lowest BCUT2D eigenvalue weighted by Crippen LogP contribution is -2.59. The smallest absolute Gasteiger partial charge is 0.319 e. The number of phenols is 1. The van der Waals surface area contributed by atoms with Crippen LogP contribution in [-0.4, -0.2) is 81.9 Å². The topological polar surface area (TPSA) is 124 Å². The van der Waals surface area contributed by atoms with Crippen LogP contribution in [0.1, 0.15) is 57.4 Å². The summed E-state index contributed by atoms with van der Waals surface area (Å²) in [7, 11) is 3.12. The van der Waals surface area contributed by atoms with Crippen LogP contribution in [0, 0.1) is 34.6 Å². The molecule has 10 nitrogen and oxygen atoms in total. The minimum Gasteiger partial charge on any atom is -0.633 e. The van der Waals surface area contributed by atoms with E-state index in [1.165, 1.54) is 31.4 Å². The number of phenolic OH excluding ortho intramolecular Hbond substituents is 1. The first kappa shape index (κ1) is 32.2. The first-order valence-electron chi connectivity index (χ1n) is 16.4. The van der Waals surface area contributed by atoms with Crippen molar-refractivity contribution in [2.75, 3.05) is 45.3 Å². The van der Waals surface area contributed by atoms with Crippen molar-refractivity contribution in [3.63, 3.8) is 0 Å². The van der Waals surface area contributed by atoms with Gasteiger partial charge in [-0.05, 0) is 69.0 Å². The maximum atomic E-state index is 17.1. The van der Waals surface area contributed by atoms with E-state index < -0.39 is 17.2 Å². The number of aliphatic hydroxyl groups is 1. The third-order valence-corrected chi connectivity index (χ3v) is 10.6. The van der Waals surface area contributed by atoms with Crippen LogP contribution < -0.4 is 14.4 Å². The van der Waals surface area contributed by atoms with Gasteiger partial charge in [-0.25, -0.2) is 13.8 Å². The second-order valence-corrected chi connectivity index (χ2v) is 14.1. The van der Waals surface area contributed by atoms with E-state index in [2.05, 4.69) is 15.9 Å². The van der Waals surface area contributed by atoms with E-state index in [-0.39, 0.29) is 85.8 Å². The number of methoxy groups -OCH3 is 1. The number of rotatable bonds is 6. The van der Waals surface area contributed by atoms with E-state index >= 15 is 4.39 Å². The van der Waals surface area contributed by atoms with E-state index in [1.54, 1.807) is 14.0 Å². The Morgan fingerprint density at radius 1 is 1.12 bits per heavy atom. The number of likely N-dealkylation sites (tertiary alicyclic amines) is 1. The van der Waals surface area contributed by atoms with Gasteiger partial charge < -0.3 is 34.4 Å². The highest BCUT2D eigenvalue weighted by Gasteiger charge is 2.53. The summed E-state index contributed by atoms with van der Waals surface area (Å²) >= 11 is 0. The molecule has 2 unspecified atom stereocenters. The fourth-order valence-electron chi connectivity index (χ4n) is 8.49. The van der Waals surface area contributed by atoms with Gasteiger partial charge in [0, 0.05) is 30.5 Å². The van der Waals surface area contributed by atoms with E-state index in [0.717, 1.165) is 32.1 Å². The van der Waals surface area contributed by atoms with Gasteiger partial charge in [-0.3, -0.25) is 0 Å². The highest BCUT2D eigenvalue weighted by molar-refractivity contribution is 6.04. The molecule has 0 amide bonds. The molecule has 1 saturated carbocycles. The van der Waals surface area contributed by atoms with Crippen molar-refractivity contribution in [2.45, 2.75) is 63.5 Å². The SMILES string of the molecule is C#Cc1c(F)ccc2cc(O)cc(-c3nc(OC)c4c(N5CCCC(C)(O)C5)nc(OC[C@]56CCC[C@H]5[N+](C)([O-])CCC6)nc4c3F)c12. The van der Waals surface area contributed by atoms with Crippen molar-refractivity contribution >= 4 is 27.5 Å². The molecule has 0 spiro atoms. The molecular formula is C36H39F2N5O5. The van der Waals surface area contributed by atoms with Crippen molar-refractivity contribution in [2.24, 2.45) is 5.41 Å². The van der Waals surface area contributed by atoms with Crippen LogP contribution in [-0.2, 0) is 0 Å². The standard InChI is InChI=1S/C36H39F2N5O5/c1-5-23-25(37)11-10-21-17-22(44)18-24(27(21)23)30-29(38)31-28(33(39-30)47-4)32(42-15-7-12-35(2,45)19-42)41-34(40-31)48-20-36-13-6-9-26(36)43(3,46)16-8-14-36/h1,10-11,17-18,26,44-45H,6-9,12-16,19-20H2,2-4H3/t26-,35?,36-,43?/m1/s1.